The molecule has 0 radical (unpaired) electrons. The number of ether oxygens (including phenoxy) is 1. The first-order chi connectivity index (χ1) is 9.71. The Kier molecular flexibility index (Phi) is 5.43. The molecule has 0 aliphatic heterocycles. The molecule has 20 heavy (non-hydrogen) atoms. The maximum atomic E-state index is 5.86. The molecule has 0 amide bonds. The smallest absolute Gasteiger partial charge is 0.321 e. The van der Waals surface area contributed by atoms with Crippen LogP contribution in [-0.4, -0.2) is 28.6 Å². The second-order valence-corrected chi connectivity index (χ2v) is 5.25. The van der Waals surface area contributed by atoms with Crippen molar-refractivity contribution in [1.29, 1.82) is 0 Å². The normalized spacial score (nSPS) is 10.3. The van der Waals surface area contributed by atoms with E-state index in [0.717, 1.165) is 22.9 Å². The molecule has 2 aromatic rings. The highest BCUT2D eigenvalue weighted by atomic mass is 35.5. The molecule has 1 N–H and O–H groups in total. The number of benzene rings is 1. The lowest BCUT2D eigenvalue weighted by Crippen LogP contribution is -2.06. The van der Waals surface area contributed by atoms with Gasteiger partial charge in [-0.1, -0.05) is 35.5 Å². The minimum Gasteiger partial charge on any atom is -0.467 e. The van der Waals surface area contributed by atoms with Gasteiger partial charge in [-0.25, -0.2) is 0 Å². The van der Waals surface area contributed by atoms with Crippen LogP contribution in [0.25, 0.3) is 0 Å². The first kappa shape index (κ1) is 14.9. The Hall–Kier alpha value is -1.53. The van der Waals surface area contributed by atoms with E-state index in [1.807, 2.05) is 31.2 Å². The largest absolute Gasteiger partial charge is 0.467 e. The Morgan fingerprint density at radius 3 is 2.60 bits per heavy atom. The van der Waals surface area contributed by atoms with Crippen LogP contribution in [-0.2, 0) is 5.75 Å². The SMILES string of the molecule is CCNc1nc(OC)nc(SCc2ccc(Cl)cc2)n1. The van der Waals surface area contributed by atoms with E-state index in [1.54, 1.807) is 7.11 Å². The van der Waals surface area contributed by atoms with Crippen molar-refractivity contribution in [2.75, 3.05) is 19.0 Å². The maximum absolute atomic E-state index is 5.86. The van der Waals surface area contributed by atoms with E-state index >= 15 is 0 Å². The fourth-order valence-corrected chi connectivity index (χ4v) is 2.37. The molecule has 1 heterocycles. The Labute approximate surface area is 127 Å². The third kappa shape index (κ3) is 4.25. The summed E-state index contributed by atoms with van der Waals surface area (Å²) in [7, 11) is 1.54. The van der Waals surface area contributed by atoms with Gasteiger partial charge in [-0.05, 0) is 24.6 Å². The van der Waals surface area contributed by atoms with Crippen LogP contribution in [0.4, 0.5) is 5.95 Å². The van der Waals surface area contributed by atoms with Gasteiger partial charge in [0.1, 0.15) is 0 Å². The lowest BCUT2D eigenvalue weighted by atomic mass is 10.2. The number of rotatable bonds is 6. The third-order valence-corrected chi connectivity index (χ3v) is 3.56. The zero-order chi connectivity index (χ0) is 14.4. The topological polar surface area (TPSA) is 59.9 Å². The average Bonchev–Trinajstić information content (AvgIpc) is 2.47. The monoisotopic (exact) mass is 310 g/mol. The number of nitrogens with one attached hydrogen (secondary N) is 1. The van der Waals surface area contributed by atoms with E-state index in [4.69, 9.17) is 16.3 Å². The summed E-state index contributed by atoms with van der Waals surface area (Å²) in [5.41, 5.74) is 1.16. The van der Waals surface area contributed by atoms with Crippen molar-refractivity contribution in [2.24, 2.45) is 0 Å². The van der Waals surface area contributed by atoms with Crippen LogP contribution in [0.5, 0.6) is 6.01 Å². The molecular formula is C13H15ClN4OS. The summed E-state index contributed by atoms with van der Waals surface area (Å²) < 4.78 is 5.08. The third-order valence-electron chi connectivity index (χ3n) is 2.39. The van der Waals surface area contributed by atoms with Crippen molar-refractivity contribution in [2.45, 2.75) is 17.8 Å². The van der Waals surface area contributed by atoms with E-state index in [-0.39, 0.29) is 0 Å². The number of hydrogen-bond acceptors (Lipinski definition) is 6. The van der Waals surface area contributed by atoms with Crippen molar-refractivity contribution >= 4 is 29.3 Å². The van der Waals surface area contributed by atoms with Crippen LogP contribution < -0.4 is 10.1 Å². The van der Waals surface area contributed by atoms with Crippen LogP contribution in [0, 0.1) is 0 Å². The van der Waals surface area contributed by atoms with Gasteiger partial charge in [0.2, 0.25) is 5.95 Å². The molecule has 0 saturated heterocycles. The Morgan fingerprint density at radius 1 is 1.20 bits per heavy atom. The van der Waals surface area contributed by atoms with Gasteiger partial charge < -0.3 is 10.1 Å². The number of methoxy groups -OCH3 is 1. The van der Waals surface area contributed by atoms with Crippen molar-refractivity contribution in [3.63, 3.8) is 0 Å². The molecule has 106 valence electrons. The zero-order valence-electron chi connectivity index (χ0n) is 11.3. The molecule has 0 unspecified atom stereocenters. The Morgan fingerprint density at radius 2 is 1.95 bits per heavy atom. The van der Waals surface area contributed by atoms with Gasteiger partial charge >= 0.3 is 6.01 Å². The predicted molar refractivity (Wildman–Crippen MR) is 81.6 cm³/mol. The molecule has 0 bridgehead atoms. The van der Waals surface area contributed by atoms with Gasteiger partial charge in [-0.15, -0.1) is 0 Å². The molecule has 0 fully saturated rings. The first-order valence-electron chi connectivity index (χ1n) is 6.12. The fraction of sp³-hybridized carbons (Fsp3) is 0.308. The summed E-state index contributed by atoms with van der Waals surface area (Å²) in [6, 6.07) is 8.03. The van der Waals surface area contributed by atoms with Crippen LogP contribution >= 0.6 is 23.4 Å². The predicted octanol–water partition coefficient (Wildman–Crippen LogP) is 3.26. The average molecular weight is 311 g/mol. The first-order valence-corrected chi connectivity index (χ1v) is 7.48. The highest BCUT2D eigenvalue weighted by Crippen LogP contribution is 2.22. The maximum Gasteiger partial charge on any atom is 0.321 e. The molecule has 5 nitrogen and oxygen atoms in total. The van der Waals surface area contributed by atoms with Crippen molar-refractivity contribution < 1.29 is 4.74 Å². The lowest BCUT2D eigenvalue weighted by molar-refractivity contribution is 0.373. The van der Waals surface area contributed by atoms with Crippen molar-refractivity contribution in [1.82, 2.24) is 15.0 Å². The van der Waals surface area contributed by atoms with Gasteiger partial charge in [0.15, 0.2) is 5.16 Å². The molecule has 0 saturated carbocycles. The van der Waals surface area contributed by atoms with Crippen LogP contribution in [0.3, 0.4) is 0 Å². The van der Waals surface area contributed by atoms with Crippen LogP contribution in [0.2, 0.25) is 5.02 Å². The highest BCUT2D eigenvalue weighted by Gasteiger charge is 2.07. The molecule has 1 aromatic heterocycles. The quantitative estimate of drug-likeness (QED) is 0.826. The van der Waals surface area contributed by atoms with Crippen molar-refractivity contribution in [3.05, 3.63) is 34.9 Å². The van der Waals surface area contributed by atoms with Crippen molar-refractivity contribution in [3.8, 4) is 6.01 Å². The van der Waals surface area contributed by atoms with Crippen LogP contribution in [0.15, 0.2) is 29.4 Å². The summed E-state index contributed by atoms with van der Waals surface area (Å²) >= 11 is 7.38. The molecule has 0 aliphatic rings. The molecule has 0 aliphatic carbocycles. The second-order valence-electron chi connectivity index (χ2n) is 3.87. The summed E-state index contributed by atoms with van der Waals surface area (Å²) in [6.45, 7) is 2.73. The summed E-state index contributed by atoms with van der Waals surface area (Å²) in [4.78, 5) is 12.7. The standard InChI is InChI=1S/C13H15ClN4OS/c1-3-15-11-16-12(19-2)18-13(17-11)20-8-9-4-6-10(14)7-5-9/h4-7H,3,8H2,1-2H3,(H,15,16,17,18). The van der Waals surface area contributed by atoms with Gasteiger partial charge in [-0.3, -0.25) is 0 Å². The molecule has 7 heteroatoms. The van der Waals surface area contributed by atoms with E-state index in [9.17, 15) is 0 Å². The van der Waals surface area contributed by atoms with E-state index < -0.39 is 0 Å². The van der Waals surface area contributed by atoms with Gasteiger partial charge in [-0.2, -0.15) is 15.0 Å². The minimum atomic E-state index is 0.314. The van der Waals surface area contributed by atoms with Gasteiger partial charge in [0.25, 0.3) is 0 Å². The molecular weight excluding hydrogens is 296 g/mol. The van der Waals surface area contributed by atoms with E-state index in [2.05, 4.69) is 20.3 Å². The summed E-state index contributed by atoms with van der Waals surface area (Å²) in [5, 5.41) is 4.41. The lowest BCUT2D eigenvalue weighted by Gasteiger charge is -2.06. The number of thioether (sulfide) groups is 1. The van der Waals surface area contributed by atoms with Gasteiger partial charge in [0, 0.05) is 17.3 Å². The number of nitrogens with zero attached hydrogens (tertiary/aromatic N) is 3. The van der Waals surface area contributed by atoms with E-state index in [0.29, 0.717) is 17.1 Å². The zero-order valence-corrected chi connectivity index (χ0v) is 12.8. The number of halogens is 1. The van der Waals surface area contributed by atoms with Gasteiger partial charge in [0.05, 0.1) is 7.11 Å². The Balaban J connectivity index is 2.07. The molecule has 0 spiro atoms. The second kappa shape index (κ2) is 7.31. The number of hydrogen-bond donors (Lipinski definition) is 1. The molecule has 0 atom stereocenters. The molecule has 1 aromatic carbocycles. The molecule has 2 rings (SSSR count). The summed E-state index contributed by atoms with van der Waals surface area (Å²) in [5.74, 6) is 1.29. The number of aromatic nitrogens is 3. The number of anilines is 1. The summed E-state index contributed by atoms with van der Waals surface area (Å²) in [6.07, 6.45) is 0. The Bertz CT molecular complexity index is 565. The fourth-order valence-electron chi connectivity index (χ4n) is 1.46. The minimum absolute atomic E-state index is 0.314. The van der Waals surface area contributed by atoms with E-state index in [1.165, 1.54) is 11.8 Å². The van der Waals surface area contributed by atoms with Crippen LogP contribution in [0.1, 0.15) is 12.5 Å². The highest BCUT2D eigenvalue weighted by molar-refractivity contribution is 7.98.